The zero-order valence-electron chi connectivity index (χ0n) is 10.1. The first kappa shape index (κ1) is 13.4. The Morgan fingerprint density at radius 3 is 2.59 bits per heavy atom. The van der Waals surface area contributed by atoms with Crippen LogP contribution in [0, 0.1) is 5.82 Å². The average Bonchev–Trinajstić information content (AvgIpc) is 2.24. The van der Waals surface area contributed by atoms with Crippen molar-refractivity contribution >= 4 is 5.91 Å². The second-order valence-electron chi connectivity index (χ2n) is 4.46. The van der Waals surface area contributed by atoms with Gasteiger partial charge in [-0.2, -0.15) is 0 Å². The molecule has 0 aliphatic rings. The van der Waals surface area contributed by atoms with Crippen LogP contribution in [0.4, 0.5) is 4.39 Å². The fourth-order valence-electron chi connectivity index (χ4n) is 0.945. The summed E-state index contributed by atoms with van der Waals surface area (Å²) in [5, 5.41) is 0. The Labute approximate surface area is 99.7 Å². The molecule has 0 heterocycles. The molecule has 0 aliphatic heterocycles. The van der Waals surface area contributed by atoms with Gasteiger partial charge in [-0.25, -0.2) is 9.87 Å². The Bertz CT molecular complexity index is 388. The van der Waals surface area contributed by atoms with Crippen molar-refractivity contribution in [2.24, 2.45) is 0 Å². The molecule has 1 N–H and O–H groups in total. The zero-order valence-corrected chi connectivity index (χ0v) is 10.1. The lowest BCUT2D eigenvalue weighted by Gasteiger charge is -2.18. The van der Waals surface area contributed by atoms with Gasteiger partial charge in [0.2, 0.25) is 0 Å². The third-order valence-electron chi connectivity index (χ3n) is 1.67. The predicted molar refractivity (Wildman–Crippen MR) is 60.9 cm³/mol. The number of amides is 1. The molecule has 5 heteroatoms. The van der Waals surface area contributed by atoms with Crippen LogP contribution in [0.5, 0.6) is 5.75 Å². The van der Waals surface area contributed by atoms with Gasteiger partial charge in [0.1, 0.15) is 0 Å². The Kier molecular flexibility index (Phi) is 4.45. The molecule has 1 aromatic carbocycles. The SMILES string of the molecule is CC(C)(C)ONC(=O)COc1ccccc1F. The molecular weight excluding hydrogens is 225 g/mol. The van der Waals surface area contributed by atoms with Crippen LogP contribution in [0.15, 0.2) is 24.3 Å². The highest BCUT2D eigenvalue weighted by Gasteiger charge is 2.13. The monoisotopic (exact) mass is 241 g/mol. The molecule has 0 atom stereocenters. The summed E-state index contributed by atoms with van der Waals surface area (Å²) >= 11 is 0. The van der Waals surface area contributed by atoms with Crippen LogP contribution >= 0.6 is 0 Å². The van der Waals surface area contributed by atoms with E-state index < -0.39 is 17.3 Å². The van der Waals surface area contributed by atoms with E-state index in [4.69, 9.17) is 9.57 Å². The average molecular weight is 241 g/mol. The lowest BCUT2D eigenvalue weighted by molar-refractivity contribution is -0.147. The van der Waals surface area contributed by atoms with Crippen LogP contribution < -0.4 is 10.2 Å². The molecule has 4 nitrogen and oxygen atoms in total. The molecule has 0 fully saturated rings. The maximum Gasteiger partial charge on any atom is 0.281 e. The van der Waals surface area contributed by atoms with Crippen LogP contribution in [0.3, 0.4) is 0 Å². The van der Waals surface area contributed by atoms with Crippen molar-refractivity contribution in [1.29, 1.82) is 0 Å². The number of nitrogens with one attached hydrogen (secondary N) is 1. The molecule has 1 aromatic rings. The van der Waals surface area contributed by atoms with Crippen LogP contribution in [0.1, 0.15) is 20.8 Å². The highest BCUT2D eigenvalue weighted by molar-refractivity contribution is 5.76. The largest absolute Gasteiger partial charge is 0.481 e. The predicted octanol–water partition coefficient (Wildman–Crippen LogP) is 2.05. The van der Waals surface area contributed by atoms with Gasteiger partial charge in [0.05, 0.1) is 5.60 Å². The molecule has 0 saturated heterocycles. The van der Waals surface area contributed by atoms with Gasteiger partial charge in [-0.15, -0.1) is 0 Å². The Morgan fingerprint density at radius 1 is 1.35 bits per heavy atom. The minimum atomic E-state index is -0.503. The van der Waals surface area contributed by atoms with E-state index in [9.17, 15) is 9.18 Å². The van der Waals surface area contributed by atoms with E-state index in [0.717, 1.165) is 0 Å². The molecule has 17 heavy (non-hydrogen) atoms. The number of hydrogen-bond acceptors (Lipinski definition) is 3. The molecule has 0 saturated carbocycles. The fraction of sp³-hybridized carbons (Fsp3) is 0.417. The number of rotatable bonds is 4. The topological polar surface area (TPSA) is 47.6 Å². The van der Waals surface area contributed by atoms with Crippen molar-refractivity contribution in [3.63, 3.8) is 0 Å². The van der Waals surface area contributed by atoms with Crippen LogP contribution in [0.25, 0.3) is 0 Å². The van der Waals surface area contributed by atoms with Gasteiger partial charge in [-0.1, -0.05) is 12.1 Å². The summed E-state index contributed by atoms with van der Waals surface area (Å²) in [4.78, 5) is 16.3. The number of carbonyl (C=O) groups excluding carboxylic acids is 1. The minimum absolute atomic E-state index is 0.0402. The summed E-state index contributed by atoms with van der Waals surface area (Å²) in [5.74, 6) is -0.932. The molecule has 0 bridgehead atoms. The first-order valence-electron chi connectivity index (χ1n) is 5.23. The van der Waals surface area contributed by atoms with Crippen molar-refractivity contribution in [2.45, 2.75) is 26.4 Å². The number of para-hydroxylation sites is 1. The van der Waals surface area contributed by atoms with E-state index in [0.29, 0.717) is 0 Å². The first-order valence-corrected chi connectivity index (χ1v) is 5.23. The third kappa shape index (κ3) is 5.31. The molecule has 94 valence electrons. The number of benzene rings is 1. The fourth-order valence-corrected chi connectivity index (χ4v) is 0.945. The van der Waals surface area contributed by atoms with Crippen LogP contribution in [-0.2, 0) is 9.63 Å². The Balaban J connectivity index is 2.36. The maximum absolute atomic E-state index is 13.1. The summed E-state index contributed by atoms with van der Waals surface area (Å²) in [6.45, 7) is 5.10. The third-order valence-corrected chi connectivity index (χ3v) is 1.67. The van der Waals surface area contributed by atoms with Gasteiger partial charge in [0, 0.05) is 0 Å². The number of carbonyl (C=O) groups is 1. The second kappa shape index (κ2) is 5.63. The standard InChI is InChI=1S/C12H16FNO3/c1-12(2,3)17-14-11(15)8-16-10-7-5-4-6-9(10)13/h4-7H,8H2,1-3H3,(H,14,15). The molecule has 1 amide bonds. The highest BCUT2D eigenvalue weighted by atomic mass is 19.1. The van der Waals surface area contributed by atoms with E-state index in [1.165, 1.54) is 12.1 Å². The van der Waals surface area contributed by atoms with Gasteiger partial charge in [-0.05, 0) is 32.9 Å². The highest BCUT2D eigenvalue weighted by Crippen LogP contribution is 2.14. The second-order valence-corrected chi connectivity index (χ2v) is 4.46. The Hall–Kier alpha value is -1.62. The van der Waals surface area contributed by atoms with Crippen molar-refractivity contribution < 1.29 is 18.8 Å². The number of hydrogen-bond donors (Lipinski definition) is 1. The van der Waals surface area contributed by atoms with Crippen molar-refractivity contribution in [2.75, 3.05) is 6.61 Å². The quantitative estimate of drug-likeness (QED) is 0.821. The van der Waals surface area contributed by atoms with Gasteiger partial charge < -0.3 is 4.74 Å². The van der Waals surface area contributed by atoms with Crippen molar-refractivity contribution in [3.8, 4) is 5.75 Å². The molecular formula is C12H16FNO3. The van der Waals surface area contributed by atoms with E-state index >= 15 is 0 Å². The zero-order chi connectivity index (χ0) is 12.9. The summed E-state index contributed by atoms with van der Waals surface area (Å²) in [6.07, 6.45) is 0. The summed E-state index contributed by atoms with van der Waals surface area (Å²) in [5.41, 5.74) is 1.75. The normalized spacial score (nSPS) is 11.1. The summed E-state index contributed by atoms with van der Waals surface area (Å²) < 4.78 is 18.1. The van der Waals surface area contributed by atoms with E-state index in [-0.39, 0.29) is 12.4 Å². The van der Waals surface area contributed by atoms with E-state index in [1.54, 1.807) is 32.9 Å². The smallest absolute Gasteiger partial charge is 0.281 e. The Morgan fingerprint density at radius 2 is 2.00 bits per heavy atom. The lowest BCUT2D eigenvalue weighted by atomic mass is 10.2. The number of ether oxygens (including phenoxy) is 1. The molecule has 0 spiro atoms. The van der Waals surface area contributed by atoms with E-state index in [1.807, 2.05) is 0 Å². The summed E-state index contributed by atoms with van der Waals surface area (Å²) in [7, 11) is 0. The number of hydroxylamine groups is 1. The van der Waals surface area contributed by atoms with Gasteiger partial charge >= 0.3 is 0 Å². The van der Waals surface area contributed by atoms with Crippen molar-refractivity contribution in [1.82, 2.24) is 5.48 Å². The summed E-state index contributed by atoms with van der Waals surface area (Å²) in [6, 6.07) is 5.89. The number of halogens is 1. The first-order chi connectivity index (χ1) is 7.88. The maximum atomic E-state index is 13.1. The van der Waals surface area contributed by atoms with Crippen molar-refractivity contribution in [3.05, 3.63) is 30.1 Å². The molecule has 0 unspecified atom stereocenters. The molecule has 0 aromatic heterocycles. The molecule has 0 aliphatic carbocycles. The van der Waals surface area contributed by atoms with Crippen LogP contribution in [0.2, 0.25) is 0 Å². The van der Waals surface area contributed by atoms with Gasteiger partial charge in [-0.3, -0.25) is 9.63 Å². The van der Waals surface area contributed by atoms with Gasteiger partial charge in [0.15, 0.2) is 18.2 Å². The lowest BCUT2D eigenvalue weighted by Crippen LogP contribution is -2.36. The molecule has 0 radical (unpaired) electrons. The van der Waals surface area contributed by atoms with E-state index in [2.05, 4.69) is 5.48 Å². The van der Waals surface area contributed by atoms with Gasteiger partial charge in [0.25, 0.3) is 5.91 Å². The van der Waals surface area contributed by atoms with Crippen LogP contribution in [-0.4, -0.2) is 18.1 Å². The minimum Gasteiger partial charge on any atom is -0.481 e. The molecule has 1 rings (SSSR count).